The third-order valence-electron chi connectivity index (χ3n) is 4.44. The molecule has 0 saturated carbocycles. The highest BCUT2D eigenvalue weighted by Crippen LogP contribution is 2.07. The maximum atomic E-state index is 12.4. The second-order valence-electron chi connectivity index (χ2n) is 8.79. The summed E-state index contributed by atoms with van der Waals surface area (Å²) >= 11 is 0. The smallest absolute Gasteiger partial charge is 0.408 e. The van der Waals surface area contributed by atoms with E-state index in [0.717, 1.165) is 5.56 Å². The highest BCUT2D eigenvalue weighted by atomic mass is 16.6. The topological polar surface area (TPSA) is 131 Å². The summed E-state index contributed by atoms with van der Waals surface area (Å²) in [5.41, 5.74) is 0.412. The average Bonchev–Trinajstić information content (AvgIpc) is 2.82. The molecule has 1 aromatic rings. The van der Waals surface area contributed by atoms with Crippen molar-refractivity contribution >= 4 is 18.0 Å². The highest BCUT2D eigenvalue weighted by molar-refractivity contribution is 5.89. The molecule has 11 heteroatoms. The quantitative estimate of drug-likeness (QED) is 0.237. The van der Waals surface area contributed by atoms with E-state index in [0.29, 0.717) is 33.0 Å². The molecule has 0 bridgehead atoms. The van der Waals surface area contributed by atoms with Crippen LogP contribution in [0.25, 0.3) is 0 Å². The highest BCUT2D eigenvalue weighted by Gasteiger charge is 2.26. The molecule has 2 atom stereocenters. The molecular formula is C25H40N2O9. The van der Waals surface area contributed by atoms with E-state index in [1.807, 2.05) is 30.3 Å². The first-order chi connectivity index (χ1) is 17.1. The van der Waals surface area contributed by atoms with Crippen LogP contribution in [-0.2, 0) is 44.6 Å². The fraction of sp³-hybridized carbons (Fsp3) is 0.640. The average molecular weight is 513 g/mol. The van der Waals surface area contributed by atoms with Gasteiger partial charge in [0.1, 0.15) is 11.6 Å². The molecule has 0 aromatic heterocycles. The van der Waals surface area contributed by atoms with Crippen molar-refractivity contribution in [3.05, 3.63) is 35.9 Å². The van der Waals surface area contributed by atoms with Crippen LogP contribution < -0.4 is 10.6 Å². The molecule has 0 aliphatic carbocycles. The summed E-state index contributed by atoms with van der Waals surface area (Å²) in [4.78, 5) is 36.2. The van der Waals surface area contributed by atoms with Crippen molar-refractivity contribution in [2.45, 2.75) is 52.0 Å². The van der Waals surface area contributed by atoms with Crippen LogP contribution in [0, 0.1) is 0 Å². The van der Waals surface area contributed by atoms with Crippen molar-refractivity contribution < 1.29 is 42.8 Å². The molecule has 0 fully saturated rings. The Bertz CT molecular complexity index is 769. The summed E-state index contributed by atoms with van der Waals surface area (Å²) in [7, 11) is 1.21. The minimum Gasteiger partial charge on any atom is -0.467 e. The molecule has 2 amide bonds. The Kier molecular flexibility index (Phi) is 15.4. The summed E-state index contributed by atoms with van der Waals surface area (Å²) in [6.07, 6.45) is -0.739. The van der Waals surface area contributed by atoms with Crippen LogP contribution in [0.1, 0.15) is 33.3 Å². The molecule has 1 rings (SSSR count). The number of hydrogen-bond donors (Lipinski definition) is 2. The zero-order chi connectivity index (χ0) is 26.8. The van der Waals surface area contributed by atoms with Gasteiger partial charge in [0.15, 0.2) is 6.04 Å². The third kappa shape index (κ3) is 15.3. The Labute approximate surface area is 213 Å². The molecule has 0 heterocycles. The summed E-state index contributed by atoms with van der Waals surface area (Å²) in [5.74, 6) is -1.25. The lowest BCUT2D eigenvalue weighted by atomic mass is 10.2. The lowest BCUT2D eigenvalue weighted by Crippen LogP contribution is -2.52. The van der Waals surface area contributed by atoms with Crippen LogP contribution >= 0.6 is 0 Å². The predicted molar refractivity (Wildman–Crippen MR) is 131 cm³/mol. The molecule has 0 saturated heterocycles. The van der Waals surface area contributed by atoms with Gasteiger partial charge in [-0.2, -0.15) is 0 Å². The van der Waals surface area contributed by atoms with E-state index >= 15 is 0 Å². The van der Waals surface area contributed by atoms with E-state index in [1.165, 1.54) is 14.0 Å². The van der Waals surface area contributed by atoms with Crippen LogP contribution in [0.15, 0.2) is 30.3 Å². The van der Waals surface area contributed by atoms with Crippen molar-refractivity contribution in [2.24, 2.45) is 0 Å². The van der Waals surface area contributed by atoms with Gasteiger partial charge in [0.25, 0.3) is 0 Å². The Hall–Kier alpha value is -2.73. The number of methoxy groups -OCH3 is 1. The third-order valence-corrected chi connectivity index (χ3v) is 4.44. The number of alkyl carbamates (subject to hydrolysis) is 1. The van der Waals surface area contributed by atoms with Gasteiger partial charge in [-0.3, -0.25) is 4.79 Å². The van der Waals surface area contributed by atoms with E-state index in [4.69, 9.17) is 28.4 Å². The fourth-order valence-corrected chi connectivity index (χ4v) is 2.68. The molecule has 0 spiro atoms. The van der Waals surface area contributed by atoms with Gasteiger partial charge in [-0.05, 0) is 33.3 Å². The van der Waals surface area contributed by atoms with Crippen molar-refractivity contribution in [1.82, 2.24) is 10.6 Å². The van der Waals surface area contributed by atoms with Crippen LogP contribution in [0.3, 0.4) is 0 Å². The van der Waals surface area contributed by atoms with Gasteiger partial charge in [0.05, 0.1) is 60.0 Å². The SMILES string of the molecule is COC(=O)[C@H](COCCOCCOCCOCc1ccccc1)NC(=O)[C@H](C)NC(=O)OC(C)(C)C. The van der Waals surface area contributed by atoms with Crippen molar-refractivity contribution in [2.75, 3.05) is 53.4 Å². The van der Waals surface area contributed by atoms with Gasteiger partial charge in [-0.1, -0.05) is 30.3 Å². The molecule has 204 valence electrons. The Balaban J connectivity index is 2.14. The second kappa shape index (κ2) is 17.7. The van der Waals surface area contributed by atoms with Crippen LogP contribution in [0.4, 0.5) is 4.79 Å². The lowest BCUT2D eigenvalue weighted by Gasteiger charge is -2.23. The molecule has 0 aliphatic rings. The molecule has 0 radical (unpaired) electrons. The first-order valence-corrected chi connectivity index (χ1v) is 11.8. The molecular weight excluding hydrogens is 472 g/mol. The molecule has 0 unspecified atom stereocenters. The number of rotatable bonds is 17. The molecule has 0 aliphatic heterocycles. The normalized spacial score (nSPS) is 12.9. The molecule has 2 N–H and O–H groups in total. The van der Waals surface area contributed by atoms with Crippen LogP contribution in [0.5, 0.6) is 0 Å². The van der Waals surface area contributed by atoms with Crippen LogP contribution in [-0.4, -0.2) is 89.0 Å². The van der Waals surface area contributed by atoms with E-state index < -0.39 is 35.7 Å². The Morgan fingerprint density at radius 2 is 1.39 bits per heavy atom. The van der Waals surface area contributed by atoms with Gasteiger partial charge in [0, 0.05) is 0 Å². The number of esters is 1. The fourth-order valence-electron chi connectivity index (χ4n) is 2.68. The first-order valence-electron chi connectivity index (χ1n) is 11.8. The van der Waals surface area contributed by atoms with Gasteiger partial charge in [-0.25, -0.2) is 9.59 Å². The maximum Gasteiger partial charge on any atom is 0.408 e. The molecule has 11 nitrogen and oxygen atoms in total. The predicted octanol–water partition coefficient (Wildman–Crippen LogP) is 1.82. The Morgan fingerprint density at radius 1 is 0.833 bits per heavy atom. The summed E-state index contributed by atoms with van der Waals surface area (Å²) in [6, 6.07) is 7.93. The van der Waals surface area contributed by atoms with Gasteiger partial charge in [-0.15, -0.1) is 0 Å². The number of ether oxygens (including phenoxy) is 6. The largest absolute Gasteiger partial charge is 0.467 e. The summed E-state index contributed by atoms with van der Waals surface area (Å²) in [6.45, 7) is 9.28. The van der Waals surface area contributed by atoms with E-state index in [1.54, 1.807) is 20.8 Å². The van der Waals surface area contributed by atoms with E-state index in [-0.39, 0.29) is 19.8 Å². The first kappa shape index (κ1) is 31.3. The number of hydrogen-bond acceptors (Lipinski definition) is 9. The number of benzene rings is 1. The molecule has 1 aromatic carbocycles. The number of amides is 2. The Morgan fingerprint density at radius 3 is 1.94 bits per heavy atom. The second-order valence-corrected chi connectivity index (χ2v) is 8.79. The number of carbonyl (C=O) groups is 3. The zero-order valence-corrected chi connectivity index (χ0v) is 21.9. The van der Waals surface area contributed by atoms with E-state index in [2.05, 4.69) is 10.6 Å². The summed E-state index contributed by atoms with van der Waals surface area (Å²) in [5, 5.41) is 4.91. The number of carbonyl (C=O) groups excluding carboxylic acids is 3. The van der Waals surface area contributed by atoms with E-state index in [9.17, 15) is 14.4 Å². The lowest BCUT2D eigenvalue weighted by molar-refractivity contribution is -0.147. The van der Waals surface area contributed by atoms with Gasteiger partial charge >= 0.3 is 12.1 Å². The zero-order valence-electron chi connectivity index (χ0n) is 21.9. The monoisotopic (exact) mass is 512 g/mol. The maximum absolute atomic E-state index is 12.4. The summed E-state index contributed by atoms with van der Waals surface area (Å²) < 4.78 is 31.7. The van der Waals surface area contributed by atoms with Gasteiger partial charge < -0.3 is 39.1 Å². The standard InChI is InChI=1S/C25H40N2O9/c1-19(26-24(30)36-25(2,3)4)22(28)27-21(23(29)31-5)18-35-16-14-33-12-11-32-13-15-34-17-20-9-7-6-8-10-20/h6-10,19,21H,11-18H2,1-5H3,(H,26,30)(H,27,28)/t19-,21-/m0/s1. The van der Waals surface area contributed by atoms with Crippen molar-refractivity contribution in [1.29, 1.82) is 0 Å². The van der Waals surface area contributed by atoms with Gasteiger partial charge in [0.2, 0.25) is 5.91 Å². The molecule has 36 heavy (non-hydrogen) atoms. The van der Waals surface area contributed by atoms with Crippen molar-refractivity contribution in [3.8, 4) is 0 Å². The minimum absolute atomic E-state index is 0.115. The number of nitrogens with one attached hydrogen (secondary N) is 2. The van der Waals surface area contributed by atoms with Crippen LogP contribution in [0.2, 0.25) is 0 Å². The minimum atomic E-state index is -1.04. The van der Waals surface area contributed by atoms with Crippen molar-refractivity contribution in [3.63, 3.8) is 0 Å².